The Labute approximate surface area is 206 Å². The minimum absolute atomic E-state index is 0.0177. The fourth-order valence-corrected chi connectivity index (χ4v) is 5.35. The summed E-state index contributed by atoms with van der Waals surface area (Å²) in [5, 5.41) is 5.27. The number of benzene rings is 2. The van der Waals surface area contributed by atoms with E-state index in [4.69, 9.17) is 21.0 Å². The van der Waals surface area contributed by atoms with Gasteiger partial charge in [0.05, 0.1) is 28.1 Å². The van der Waals surface area contributed by atoms with Crippen molar-refractivity contribution in [2.75, 3.05) is 11.1 Å². The number of furan rings is 1. The van der Waals surface area contributed by atoms with Crippen LogP contribution in [0.4, 0.5) is 10.1 Å². The number of aromatic nitrogens is 2. The number of hydrogen-bond donors (Lipinski definition) is 1. The number of halogens is 2. The average molecular weight is 512 g/mol. The van der Waals surface area contributed by atoms with E-state index in [0.29, 0.717) is 38.1 Å². The molecule has 0 fully saturated rings. The van der Waals surface area contributed by atoms with E-state index in [2.05, 4.69) is 5.32 Å². The van der Waals surface area contributed by atoms with E-state index in [9.17, 15) is 14.0 Å². The van der Waals surface area contributed by atoms with Crippen molar-refractivity contribution < 1.29 is 13.6 Å². The molecule has 0 spiro atoms. The molecule has 1 amide bonds. The minimum atomic E-state index is -0.566. The van der Waals surface area contributed by atoms with Crippen LogP contribution in [0.1, 0.15) is 0 Å². The van der Waals surface area contributed by atoms with Crippen molar-refractivity contribution >= 4 is 56.5 Å². The quantitative estimate of drug-likeness (QED) is 0.216. The zero-order valence-corrected chi connectivity index (χ0v) is 19.7. The van der Waals surface area contributed by atoms with Crippen molar-refractivity contribution in [1.82, 2.24) is 9.55 Å². The van der Waals surface area contributed by atoms with Gasteiger partial charge in [0.15, 0.2) is 5.16 Å². The highest BCUT2D eigenvalue weighted by molar-refractivity contribution is 7.99. The second-order valence-electron chi connectivity index (χ2n) is 7.14. The van der Waals surface area contributed by atoms with Gasteiger partial charge in [-0.3, -0.25) is 14.2 Å². The summed E-state index contributed by atoms with van der Waals surface area (Å²) in [5.74, 6) is -0.342. The number of para-hydroxylation sites is 1. The summed E-state index contributed by atoms with van der Waals surface area (Å²) >= 11 is 8.25. The van der Waals surface area contributed by atoms with Gasteiger partial charge in [0.1, 0.15) is 16.4 Å². The van der Waals surface area contributed by atoms with Crippen LogP contribution < -0.4 is 10.9 Å². The molecule has 10 heteroatoms. The molecule has 6 nitrogen and oxygen atoms in total. The average Bonchev–Trinajstić information content (AvgIpc) is 3.51. The summed E-state index contributed by atoms with van der Waals surface area (Å²) < 4.78 is 20.4. The van der Waals surface area contributed by atoms with Crippen molar-refractivity contribution in [3.05, 3.63) is 93.5 Å². The molecule has 170 valence electrons. The fourth-order valence-electron chi connectivity index (χ4n) is 3.39. The Kier molecular flexibility index (Phi) is 6.23. The summed E-state index contributed by atoms with van der Waals surface area (Å²) in [6.07, 6.45) is 1.55. The van der Waals surface area contributed by atoms with E-state index < -0.39 is 5.82 Å². The molecule has 0 unspecified atom stereocenters. The Balaban J connectivity index is 1.50. The Hall–Kier alpha value is -3.40. The predicted octanol–water partition coefficient (Wildman–Crippen LogP) is 6.23. The van der Waals surface area contributed by atoms with E-state index >= 15 is 0 Å². The van der Waals surface area contributed by atoms with Gasteiger partial charge in [-0.05, 0) is 42.5 Å². The third-order valence-electron chi connectivity index (χ3n) is 4.91. The highest BCUT2D eigenvalue weighted by Crippen LogP contribution is 2.33. The highest BCUT2D eigenvalue weighted by atomic mass is 35.5. The zero-order chi connectivity index (χ0) is 23.7. The molecule has 0 aliphatic carbocycles. The van der Waals surface area contributed by atoms with Crippen molar-refractivity contribution in [2.45, 2.75) is 5.16 Å². The summed E-state index contributed by atoms with van der Waals surface area (Å²) in [7, 11) is 0. The number of thioether (sulfide) groups is 1. The molecule has 0 saturated carbocycles. The van der Waals surface area contributed by atoms with Gasteiger partial charge in [-0.25, -0.2) is 9.37 Å². The predicted molar refractivity (Wildman–Crippen MR) is 134 cm³/mol. The summed E-state index contributed by atoms with van der Waals surface area (Å²) in [5.41, 5.74) is 1.43. The maximum Gasteiger partial charge on any atom is 0.268 e. The van der Waals surface area contributed by atoms with Gasteiger partial charge >= 0.3 is 0 Å². The van der Waals surface area contributed by atoms with E-state index in [-0.39, 0.29) is 22.2 Å². The lowest BCUT2D eigenvalue weighted by molar-refractivity contribution is -0.113. The molecule has 0 bridgehead atoms. The second-order valence-corrected chi connectivity index (χ2v) is 9.35. The van der Waals surface area contributed by atoms with E-state index in [1.165, 1.54) is 34.1 Å². The van der Waals surface area contributed by atoms with Crippen molar-refractivity contribution in [3.63, 3.8) is 0 Å². The minimum Gasteiger partial charge on any atom is -0.464 e. The number of fused-ring (bicyclic) bond motifs is 1. The maximum absolute atomic E-state index is 13.7. The molecular weight excluding hydrogens is 497 g/mol. The van der Waals surface area contributed by atoms with Gasteiger partial charge in [-0.1, -0.05) is 41.6 Å². The zero-order valence-electron chi connectivity index (χ0n) is 17.3. The van der Waals surface area contributed by atoms with Gasteiger partial charge in [0.25, 0.3) is 5.56 Å². The number of nitrogens with one attached hydrogen (secondary N) is 1. The Morgan fingerprint density at radius 3 is 2.74 bits per heavy atom. The summed E-state index contributed by atoms with van der Waals surface area (Å²) in [4.78, 5) is 31.5. The van der Waals surface area contributed by atoms with Crippen molar-refractivity contribution in [1.29, 1.82) is 0 Å². The molecule has 5 rings (SSSR count). The van der Waals surface area contributed by atoms with Crippen LogP contribution in [0.15, 0.2) is 86.7 Å². The Morgan fingerprint density at radius 1 is 1.18 bits per heavy atom. The molecule has 0 aliphatic heterocycles. The fraction of sp³-hybridized carbons (Fsp3) is 0.0417. The SMILES string of the molecule is O=C(CSc1nc2scc(-c3ccco3)c2c(=O)n1-c1ccccc1)Nc1ccc(F)c(Cl)c1. The first kappa shape index (κ1) is 22.4. The third kappa shape index (κ3) is 4.37. The van der Waals surface area contributed by atoms with Crippen LogP contribution in [0.3, 0.4) is 0 Å². The first-order valence-corrected chi connectivity index (χ1v) is 12.3. The van der Waals surface area contributed by atoms with Gasteiger partial charge in [0.2, 0.25) is 5.91 Å². The smallest absolute Gasteiger partial charge is 0.268 e. The molecule has 3 heterocycles. The summed E-state index contributed by atoms with van der Waals surface area (Å²) in [6, 6.07) is 16.6. The van der Waals surface area contributed by atoms with Gasteiger partial charge in [-0.2, -0.15) is 0 Å². The van der Waals surface area contributed by atoms with E-state index in [0.717, 1.165) is 11.8 Å². The number of carbonyl (C=O) groups is 1. The summed E-state index contributed by atoms with van der Waals surface area (Å²) in [6.45, 7) is 0. The van der Waals surface area contributed by atoms with Crippen LogP contribution in [0, 0.1) is 5.82 Å². The molecule has 5 aromatic rings. The normalized spacial score (nSPS) is 11.1. The van der Waals surface area contributed by atoms with E-state index in [1.54, 1.807) is 30.5 Å². The lowest BCUT2D eigenvalue weighted by atomic mass is 10.2. The monoisotopic (exact) mass is 511 g/mol. The number of carbonyl (C=O) groups excluding carboxylic acids is 1. The molecule has 2 aromatic carbocycles. The second kappa shape index (κ2) is 9.46. The highest BCUT2D eigenvalue weighted by Gasteiger charge is 2.20. The van der Waals surface area contributed by atoms with Crippen LogP contribution in [0.25, 0.3) is 27.2 Å². The number of rotatable bonds is 6. The molecule has 34 heavy (non-hydrogen) atoms. The van der Waals surface area contributed by atoms with Crippen LogP contribution in [-0.2, 0) is 4.79 Å². The molecule has 1 N–H and O–H groups in total. The number of thiophene rings is 1. The van der Waals surface area contributed by atoms with Crippen molar-refractivity contribution in [3.8, 4) is 17.0 Å². The molecule has 0 saturated heterocycles. The number of anilines is 1. The van der Waals surface area contributed by atoms with Gasteiger partial charge < -0.3 is 9.73 Å². The van der Waals surface area contributed by atoms with Crippen LogP contribution in [-0.4, -0.2) is 21.2 Å². The largest absolute Gasteiger partial charge is 0.464 e. The van der Waals surface area contributed by atoms with Crippen LogP contribution >= 0.6 is 34.7 Å². The first-order valence-electron chi connectivity index (χ1n) is 10.0. The topological polar surface area (TPSA) is 77.1 Å². The number of amides is 1. The van der Waals surface area contributed by atoms with Crippen LogP contribution in [0.5, 0.6) is 0 Å². The van der Waals surface area contributed by atoms with Gasteiger partial charge in [0, 0.05) is 16.6 Å². The molecule has 3 aromatic heterocycles. The van der Waals surface area contributed by atoms with Crippen molar-refractivity contribution in [2.24, 2.45) is 0 Å². The first-order chi connectivity index (χ1) is 16.5. The van der Waals surface area contributed by atoms with Gasteiger partial charge in [-0.15, -0.1) is 11.3 Å². The molecule has 0 aliphatic rings. The number of hydrogen-bond acceptors (Lipinski definition) is 6. The molecular formula is C24H15ClFN3O3S2. The molecule has 0 radical (unpaired) electrons. The van der Waals surface area contributed by atoms with E-state index in [1.807, 2.05) is 23.6 Å². The maximum atomic E-state index is 13.7. The van der Waals surface area contributed by atoms with Crippen LogP contribution in [0.2, 0.25) is 5.02 Å². The Morgan fingerprint density at radius 2 is 2.00 bits per heavy atom. The lowest BCUT2D eigenvalue weighted by Crippen LogP contribution is -2.22. The standard InChI is InChI=1S/C24H15ClFN3O3S2/c25-17-11-14(8-9-18(17)26)27-20(30)13-34-24-28-22-21(16(12-33-22)19-7-4-10-32-19)23(31)29(24)15-5-2-1-3-6-15/h1-12H,13H2,(H,27,30). The third-order valence-corrected chi connectivity index (χ3v) is 7.01. The number of nitrogens with zero attached hydrogens (tertiary/aromatic N) is 2. The lowest BCUT2D eigenvalue weighted by Gasteiger charge is -2.12. The molecule has 0 atom stereocenters. The Bertz CT molecular complexity index is 1550.